The molecule has 0 saturated carbocycles. The number of carbonyl (C=O) groups excluding carboxylic acids is 1. The number of hydrogen-bond acceptors (Lipinski definition) is 4. The summed E-state index contributed by atoms with van der Waals surface area (Å²) < 4.78 is 10.4. The number of amides is 2. The first-order valence-electron chi connectivity index (χ1n) is 6.56. The lowest BCUT2D eigenvalue weighted by atomic mass is 10.2. The van der Waals surface area contributed by atoms with Gasteiger partial charge in [0, 0.05) is 13.7 Å². The predicted molar refractivity (Wildman–Crippen MR) is 76.4 cm³/mol. The summed E-state index contributed by atoms with van der Waals surface area (Å²) in [5.74, 6) is -0.235. The SMILES string of the molecule is COC(CNC(=O)NCCOc1ccccc1)CC(=O)O. The first kappa shape index (κ1) is 16.8. The second-order valence-electron chi connectivity index (χ2n) is 4.25. The first-order chi connectivity index (χ1) is 10.1. The van der Waals surface area contributed by atoms with Crippen LogP contribution in [0.25, 0.3) is 0 Å². The fourth-order valence-corrected chi connectivity index (χ4v) is 1.55. The van der Waals surface area contributed by atoms with Gasteiger partial charge in [0.25, 0.3) is 0 Å². The molecule has 7 nitrogen and oxygen atoms in total. The minimum atomic E-state index is -0.972. The number of urea groups is 1. The maximum atomic E-state index is 11.5. The van der Waals surface area contributed by atoms with Crippen LogP contribution in [0.1, 0.15) is 6.42 Å². The lowest BCUT2D eigenvalue weighted by Crippen LogP contribution is -2.42. The third-order valence-corrected chi connectivity index (χ3v) is 2.63. The Morgan fingerprint density at radius 1 is 1.24 bits per heavy atom. The highest BCUT2D eigenvalue weighted by molar-refractivity contribution is 5.74. The molecule has 0 aliphatic carbocycles. The van der Waals surface area contributed by atoms with Gasteiger partial charge in [-0.3, -0.25) is 4.79 Å². The van der Waals surface area contributed by atoms with Crippen LogP contribution in [0.2, 0.25) is 0 Å². The molecule has 0 fully saturated rings. The molecule has 0 spiro atoms. The second kappa shape index (κ2) is 9.60. The molecule has 2 amide bonds. The highest BCUT2D eigenvalue weighted by atomic mass is 16.5. The van der Waals surface area contributed by atoms with Crippen molar-refractivity contribution in [3.63, 3.8) is 0 Å². The summed E-state index contributed by atoms with van der Waals surface area (Å²) in [4.78, 5) is 22.0. The van der Waals surface area contributed by atoms with Crippen LogP contribution < -0.4 is 15.4 Å². The highest BCUT2D eigenvalue weighted by Crippen LogP contribution is 2.07. The van der Waals surface area contributed by atoms with E-state index in [2.05, 4.69) is 10.6 Å². The number of benzene rings is 1. The van der Waals surface area contributed by atoms with Gasteiger partial charge in [-0.25, -0.2) is 4.79 Å². The quantitative estimate of drug-likeness (QED) is 0.587. The average molecular weight is 296 g/mol. The van der Waals surface area contributed by atoms with Gasteiger partial charge in [-0.15, -0.1) is 0 Å². The number of aliphatic carboxylic acids is 1. The van der Waals surface area contributed by atoms with E-state index < -0.39 is 12.1 Å². The van der Waals surface area contributed by atoms with Crippen LogP contribution in [0.4, 0.5) is 4.79 Å². The smallest absolute Gasteiger partial charge is 0.315 e. The number of nitrogens with one attached hydrogen (secondary N) is 2. The fraction of sp³-hybridized carbons (Fsp3) is 0.429. The summed E-state index contributed by atoms with van der Waals surface area (Å²) >= 11 is 0. The second-order valence-corrected chi connectivity index (χ2v) is 4.25. The van der Waals surface area contributed by atoms with E-state index in [0.717, 1.165) is 5.75 Å². The number of rotatable bonds is 9. The number of carboxylic acid groups (broad SMARTS) is 1. The van der Waals surface area contributed by atoms with Gasteiger partial charge in [-0.1, -0.05) is 18.2 Å². The molecule has 1 unspecified atom stereocenters. The van der Waals surface area contributed by atoms with Crippen molar-refractivity contribution >= 4 is 12.0 Å². The third kappa shape index (κ3) is 7.78. The lowest BCUT2D eigenvalue weighted by molar-refractivity contribution is -0.139. The van der Waals surface area contributed by atoms with E-state index in [1.165, 1.54) is 7.11 Å². The molecule has 3 N–H and O–H groups in total. The largest absolute Gasteiger partial charge is 0.492 e. The molecule has 0 aromatic heterocycles. The van der Waals surface area contributed by atoms with E-state index in [1.54, 1.807) is 0 Å². The number of hydrogen-bond donors (Lipinski definition) is 3. The van der Waals surface area contributed by atoms with Gasteiger partial charge < -0.3 is 25.2 Å². The van der Waals surface area contributed by atoms with Gasteiger partial charge >= 0.3 is 12.0 Å². The van der Waals surface area contributed by atoms with Gasteiger partial charge in [0.2, 0.25) is 0 Å². The van der Waals surface area contributed by atoms with Gasteiger partial charge in [-0.2, -0.15) is 0 Å². The summed E-state index contributed by atoms with van der Waals surface area (Å²) in [5, 5.41) is 13.8. The molecule has 116 valence electrons. The first-order valence-corrected chi connectivity index (χ1v) is 6.56. The Hall–Kier alpha value is -2.28. The summed E-state index contributed by atoms with van der Waals surface area (Å²) in [5.41, 5.74) is 0. The molecule has 0 saturated heterocycles. The van der Waals surface area contributed by atoms with Crippen molar-refractivity contribution in [2.45, 2.75) is 12.5 Å². The Morgan fingerprint density at radius 3 is 2.57 bits per heavy atom. The van der Waals surface area contributed by atoms with E-state index in [1.807, 2.05) is 30.3 Å². The topological polar surface area (TPSA) is 96.9 Å². The Labute approximate surface area is 123 Å². The van der Waals surface area contributed by atoms with Crippen molar-refractivity contribution in [2.24, 2.45) is 0 Å². The van der Waals surface area contributed by atoms with Gasteiger partial charge in [0.05, 0.1) is 19.1 Å². The van der Waals surface area contributed by atoms with Gasteiger partial charge in [0.15, 0.2) is 0 Å². The molecule has 7 heteroatoms. The van der Waals surface area contributed by atoms with Crippen molar-refractivity contribution in [3.8, 4) is 5.75 Å². The summed E-state index contributed by atoms with van der Waals surface area (Å²) in [6.45, 7) is 0.825. The van der Waals surface area contributed by atoms with Crippen LogP contribution in [-0.2, 0) is 9.53 Å². The Morgan fingerprint density at radius 2 is 1.95 bits per heavy atom. The average Bonchev–Trinajstić information content (AvgIpc) is 2.48. The molecular formula is C14H20N2O5. The molecule has 0 aliphatic heterocycles. The molecule has 1 aromatic carbocycles. The maximum Gasteiger partial charge on any atom is 0.315 e. The molecule has 0 heterocycles. The van der Waals surface area contributed by atoms with Gasteiger partial charge in [-0.05, 0) is 12.1 Å². The molecule has 1 aromatic rings. The van der Waals surface area contributed by atoms with E-state index in [4.69, 9.17) is 14.6 Å². The van der Waals surface area contributed by atoms with Crippen LogP contribution >= 0.6 is 0 Å². The summed E-state index contributed by atoms with van der Waals surface area (Å²) in [6.07, 6.45) is -0.706. The number of methoxy groups -OCH3 is 1. The Kier molecular flexibility index (Phi) is 7.67. The summed E-state index contributed by atoms with van der Waals surface area (Å²) in [6, 6.07) is 8.89. The molecule has 21 heavy (non-hydrogen) atoms. The van der Waals surface area contributed by atoms with E-state index in [9.17, 15) is 9.59 Å². The standard InChI is InChI=1S/C14H20N2O5/c1-20-12(9-13(17)18)10-16-14(19)15-7-8-21-11-5-3-2-4-6-11/h2-6,12H,7-10H2,1H3,(H,17,18)(H2,15,16,19). The minimum Gasteiger partial charge on any atom is -0.492 e. The number of para-hydroxylation sites is 1. The zero-order valence-corrected chi connectivity index (χ0v) is 11.9. The zero-order chi connectivity index (χ0) is 15.5. The van der Waals surface area contributed by atoms with Crippen LogP contribution in [-0.4, -0.2) is 50.0 Å². The lowest BCUT2D eigenvalue weighted by Gasteiger charge is -2.14. The van der Waals surface area contributed by atoms with Crippen LogP contribution in [0.15, 0.2) is 30.3 Å². The van der Waals surface area contributed by atoms with Crippen LogP contribution in [0, 0.1) is 0 Å². The van der Waals surface area contributed by atoms with Crippen molar-refractivity contribution in [2.75, 3.05) is 26.8 Å². The van der Waals surface area contributed by atoms with Crippen LogP contribution in [0.3, 0.4) is 0 Å². The molecule has 0 bridgehead atoms. The molecule has 1 atom stereocenters. The van der Waals surface area contributed by atoms with E-state index in [-0.39, 0.29) is 19.0 Å². The monoisotopic (exact) mass is 296 g/mol. The molecular weight excluding hydrogens is 276 g/mol. The molecule has 0 radical (unpaired) electrons. The normalized spacial score (nSPS) is 11.5. The number of carbonyl (C=O) groups is 2. The maximum absolute atomic E-state index is 11.5. The van der Waals surface area contributed by atoms with Crippen molar-refractivity contribution in [1.29, 1.82) is 0 Å². The highest BCUT2D eigenvalue weighted by Gasteiger charge is 2.13. The molecule has 0 aliphatic rings. The van der Waals surface area contributed by atoms with Crippen molar-refractivity contribution in [1.82, 2.24) is 10.6 Å². The van der Waals surface area contributed by atoms with Crippen molar-refractivity contribution < 1.29 is 24.2 Å². The van der Waals surface area contributed by atoms with Gasteiger partial charge in [0.1, 0.15) is 12.4 Å². The number of ether oxygens (including phenoxy) is 2. The molecule has 1 rings (SSSR count). The fourth-order valence-electron chi connectivity index (χ4n) is 1.55. The van der Waals surface area contributed by atoms with E-state index >= 15 is 0 Å². The summed E-state index contributed by atoms with van der Waals surface area (Å²) in [7, 11) is 1.40. The number of carboxylic acids is 1. The Bertz CT molecular complexity index is 438. The van der Waals surface area contributed by atoms with E-state index in [0.29, 0.717) is 13.2 Å². The minimum absolute atomic E-state index is 0.133. The zero-order valence-electron chi connectivity index (χ0n) is 11.9. The Balaban J connectivity index is 2.12. The third-order valence-electron chi connectivity index (χ3n) is 2.63. The van der Waals surface area contributed by atoms with Crippen LogP contribution in [0.5, 0.6) is 5.75 Å². The van der Waals surface area contributed by atoms with Crippen molar-refractivity contribution in [3.05, 3.63) is 30.3 Å². The predicted octanol–water partition coefficient (Wildman–Crippen LogP) is 0.854.